The first-order chi connectivity index (χ1) is 13.1. The summed E-state index contributed by atoms with van der Waals surface area (Å²) in [7, 11) is 1.63. The highest BCUT2D eigenvalue weighted by molar-refractivity contribution is 5.98. The normalized spacial score (nSPS) is 13.0. The number of hydrogen-bond donors (Lipinski definition) is 0. The topological polar surface area (TPSA) is 59.1 Å². The minimum atomic E-state index is -0.125. The van der Waals surface area contributed by atoms with Crippen LogP contribution in [0.4, 0.5) is 5.69 Å². The van der Waals surface area contributed by atoms with Crippen molar-refractivity contribution >= 4 is 17.5 Å². The zero-order valence-electron chi connectivity index (χ0n) is 15.7. The Morgan fingerprint density at radius 2 is 1.93 bits per heavy atom. The maximum atomic E-state index is 12.7. The molecule has 0 aromatic heterocycles. The summed E-state index contributed by atoms with van der Waals surface area (Å²) in [6, 6.07) is 15.1. The van der Waals surface area contributed by atoms with Crippen LogP contribution in [0, 0.1) is 0 Å². The first kappa shape index (κ1) is 18.8. The first-order valence-electron chi connectivity index (χ1n) is 9.05. The molecule has 0 aliphatic carbocycles. The summed E-state index contributed by atoms with van der Waals surface area (Å²) in [5.74, 6) is 1.36. The Kier molecular flexibility index (Phi) is 5.96. The Morgan fingerprint density at radius 1 is 1.19 bits per heavy atom. The number of amides is 2. The summed E-state index contributed by atoms with van der Waals surface area (Å²) >= 11 is 0. The van der Waals surface area contributed by atoms with Crippen LogP contribution < -0.4 is 14.4 Å². The number of carbonyl (C=O) groups excluding carboxylic acids is 2. The number of rotatable bonds is 7. The van der Waals surface area contributed by atoms with Crippen molar-refractivity contribution in [3.05, 3.63) is 54.1 Å². The van der Waals surface area contributed by atoms with Gasteiger partial charge in [-0.25, -0.2) is 0 Å². The van der Waals surface area contributed by atoms with E-state index < -0.39 is 0 Å². The fourth-order valence-electron chi connectivity index (χ4n) is 3.09. The molecular formula is C21H24N2O4. The molecule has 142 valence electrons. The number of para-hydroxylation sites is 2. The second-order valence-electron chi connectivity index (χ2n) is 6.31. The Bertz CT molecular complexity index is 804. The molecule has 6 nitrogen and oxygen atoms in total. The lowest BCUT2D eigenvalue weighted by Crippen LogP contribution is -2.41. The van der Waals surface area contributed by atoms with Crippen molar-refractivity contribution in [3.8, 4) is 11.5 Å². The molecule has 2 aromatic carbocycles. The van der Waals surface area contributed by atoms with Crippen LogP contribution in [0.1, 0.15) is 18.9 Å². The minimum Gasteiger partial charge on any atom is -0.497 e. The van der Waals surface area contributed by atoms with E-state index in [0.717, 1.165) is 17.0 Å². The third kappa shape index (κ3) is 4.39. The van der Waals surface area contributed by atoms with E-state index in [1.165, 1.54) is 0 Å². The second-order valence-corrected chi connectivity index (χ2v) is 6.31. The lowest BCUT2D eigenvalue weighted by atomic mass is 10.2. The monoisotopic (exact) mass is 368 g/mol. The van der Waals surface area contributed by atoms with E-state index in [2.05, 4.69) is 0 Å². The highest BCUT2D eigenvalue weighted by atomic mass is 16.5. The van der Waals surface area contributed by atoms with Gasteiger partial charge in [-0.15, -0.1) is 0 Å². The van der Waals surface area contributed by atoms with Gasteiger partial charge in [0.15, 0.2) is 6.61 Å². The van der Waals surface area contributed by atoms with Gasteiger partial charge in [-0.1, -0.05) is 24.3 Å². The zero-order valence-corrected chi connectivity index (χ0v) is 15.7. The van der Waals surface area contributed by atoms with Crippen molar-refractivity contribution in [3.63, 3.8) is 0 Å². The van der Waals surface area contributed by atoms with Crippen LogP contribution in [0.15, 0.2) is 48.5 Å². The average molecular weight is 368 g/mol. The predicted octanol–water partition coefficient (Wildman–Crippen LogP) is 2.86. The fourth-order valence-corrected chi connectivity index (χ4v) is 3.09. The molecule has 0 atom stereocenters. The minimum absolute atomic E-state index is 0.00848. The molecule has 2 aromatic rings. The number of ether oxygens (including phenoxy) is 2. The molecular weight excluding hydrogens is 344 g/mol. The molecule has 0 saturated carbocycles. The number of anilines is 1. The maximum Gasteiger partial charge on any atom is 0.265 e. The van der Waals surface area contributed by atoms with E-state index in [0.29, 0.717) is 25.4 Å². The summed E-state index contributed by atoms with van der Waals surface area (Å²) in [5, 5.41) is 0. The van der Waals surface area contributed by atoms with E-state index in [1.54, 1.807) is 16.9 Å². The third-order valence-corrected chi connectivity index (χ3v) is 4.62. The number of nitrogens with zero attached hydrogens (tertiary/aromatic N) is 2. The molecule has 27 heavy (non-hydrogen) atoms. The molecule has 0 radical (unpaired) electrons. The predicted molar refractivity (Wildman–Crippen MR) is 103 cm³/mol. The summed E-state index contributed by atoms with van der Waals surface area (Å²) < 4.78 is 10.6. The van der Waals surface area contributed by atoms with Crippen LogP contribution in [-0.4, -0.2) is 43.5 Å². The van der Waals surface area contributed by atoms with Crippen LogP contribution >= 0.6 is 0 Å². The van der Waals surface area contributed by atoms with Gasteiger partial charge < -0.3 is 19.3 Å². The Hall–Kier alpha value is -3.02. The lowest BCUT2D eigenvalue weighted by Gasteiger charge is -2.30. The number of benzene rings is 2. The molecule has 0 N–H and O–H groups in total. The van der Waals surface area contributed by atoms with Gasteiger partial charge in [-0.2, -0.15) is 0 Å². The van der Waals surface area contributed by atoms with Gasteiger partial charge in [0.25, 0.3) is 5.91 Å². The van der Waals surface area contributed by atoms with Gasteiger partial charge in [0, 0.05) is 26.1 Å². The number of methoxy groups -OCH3 is 1. The quantitative estimate of drug-likeness (QED) is 0.754. The fraction of sp³-hybridized carbons (Fsp3) is 0.333. The van der Waals surface area contributed by atoms with E-state index in [9.17, 15) is 9.59 Å². The second kappa shape index (κ2) is 8.58. The summed E-state index contributed by atoms with van der Waals surface area (Å²) in [5.41, 5.74) is 1.76. The van der Waals surface area contributed by atoms with Crippen molar-refractivity contribution in [2.45, 2.75) is 19.9 Å². The molecule has 1 heterocycles. The Labute approximate surface area is 159 Å². The Morgan fingerprint density at radius 3 is 2.63 bits per heavy atom. The van der Waals surface area contributed by atoms with Crippen molar-refractivity contribution in [1.82, 2.24) is 4.90 Å². The van der Waals surface area contributed by atoms with Gasteiger partial charge >= 0.3 is 0 Å². The molecule has 0 saturated heterocycles. The molecule has 6 heteroatoms. The first-order valence-corrected chi connectivity index (χ1v) is 9.05. The average Bonchev–Trinajstić information content (AvgIpc) is 2.71. The molecule has 0 spiro atoms. The molecule has 1 aliphatic rings. The summed E-state index contributed by atoms with van der Waals surface area (Å²) in [6.07, 6.45) is 0.268. The third-order valence-electron chi connectivity index (χ3n) is 4.62. The van der Waals surface area contributed by atoms with Gasteiger partial charge in [0.1, 0.15) is 11.5 Å². The van der Waals surface area contributed by atoms with Crippen LogP contribution in [-0.2, 0) is 16.1 Å². The molecule has 0 unspecified atom stereocenters. The van der Waals surface area contributed by atoms with Gasteiger partial charge in [0.2, 0.25) is 5.91 Å². The zero-order chi connectivity index (χ0) is 19.2. The standard InChI is InChI=1S/C21H24N2O4/c1-3-22(14-16-8-10-17(26-2)11-9-16)20(24)12-13-23-18-6-4-5-7-19(18)27-15-21(23)25/h4-11H,3,12-15H2,1-2H3. The lowest BCUT2D eigenvalue weighted by molar-refractivity contribution is -0.131. The largest absolute Gasteiger partial charge is 0.497 e. The van der Waals surface area contributed by atoms with Crippen molar-refractivity contribution in [1.29, 1.82) is 0 Å². The van der Waals surface area contributed by atoms with Gasteiger partial charge in [0.05, 0.1) is 12.8 Å². The molecule has 3 rings (SSSR count). The number of hydrogen-bond acceptors (Lipinski definition) is 4. The van der Waals surface area contributed by atoms with Crippen molar-refractivity contribution < 1.29 is 19.1 Å². The van der Waals surface area contributed by atoms with Crippen LogP contribution in [0.3, 0.4) is 0 Å². The van der Waals surface area contributed by atoms with E-state index in [4.69, 9.17) is 9.47 Å². The van der Waals surface area contributed by atoms with Crippen molar-refractivity contribution in [2.75, 3.05) is 31.7 Å². The van der Waals surface area contributed by atoms with Gasteiger partial charge in [-0.05, 0) is 36.8 Å². The highest BCUT2D eigenvalue weighted by Crippen LogP contribution is 2.31. The maximum absolute atomic E-state index is 12.7. The Balaban J connectivity index is 1.62. The van der Waals surface area contributed by atoms with E-state index >= 15 is 0 Å². The molecule has 0 fully saturated rings. The van der Waals surface area contributed by atoms with Gasteiger partial charge in [-0.3, -0.25) is 9.59 Å². The molecule has 1 aliphatic heterocycles. The highest BCUT2D eigenvalue weighted by Gasteiger charge is 2.26. The summed E-state index contributed by atoms with van der Waals surface area (Å²) in [4.78, 5) is 28.3. The SMILES string of the molecule is CCN(Cc1ccc(OC)cc1)C(=O)CCN1C(=O)COc2ccccc21. The van der Waals surface area contributed by atoms with Crippen LogP contribution in [0.25, 0.3) is 0 Å². The number of fused-ring (bicyclic) bond motifs is 1. The van der Waals surface area contributed by atoms with Crippen molar-refractivity contribution in [2.24, 2.45) is 0 Å². The van der Waals surface area contributed by atoms with Crippen LogP contribution in [0.5, 0.6) is 11.5 Å². The summed E-state index contributed by atoms with van der Waals surface area (Å²) in [6.45, 7) is 3.45. The smallest absolute Gasteiger partial charge is 0.265 e. The molecule has 2 amide bonds. The number of carbonyl (C=O) groups is 2. The van der Waals surface area contributed by atoms with Crippen LogP contribution in [0.2, 0.25) is 0 Å². The van der Waals surface area contributed by atoms with E-state index in [1.807, 2.05) is 55.5 Å². The molecule has 0 bridgehead atoms. The van der Waals surface area contributed by atoms with E-state index in [-0.39, 0.29) is 24.8 Å².